The summed E-state index contributed by atoms with van der Waals surface area (Å²) in [7, 11) is 0. The lowest BCUT2D eigenvalue weighted by Crippen LogP contribution is -2.32. The molecule has 62 valence electrons. The molecule has 0 amide bonds. The van der Waals surface area contributed by atoms with Gasteiger partial charge in [0.15, 0.2) is 6.20 Å². The average molecular weight is 157 g/mol. The van der Waals surface area contributed by atoms with Gasteiger partial charge in [0.05, 0.1) is 13.2 Å². The van der Waals surface area contributed by atoms with Crippen molar-refractivity contribution < 1.29 is 14.4 Å². The number of rotatable bonds is 3. The van der Waals surface area contributed by atoms with Crippen LogP contribution < -0.4 is 9.30 Å². The Hall–Kier alpha value is -1.19. The van der Waals surface area contributed by atoms with E-state index in [0.717, 1.165) is 0 Å². The van der Waals surface area contributed by atoms with Gasteiger partial charge in [-0.05, 0) is 13.8 Å². The highest BCUT2D eigenvalue weighted by Crippen LogP contribution is 2.06. The summed E-state index contributed by atoms with van der Waals surface area (Å²) in [6.45, 7) is 5.14. The second-order valence-electron chi connectivity index (χ2n) is 2.13. The minimum Gasteiger partial charge on any atom is -0.475 e. The second-order valence-corrected chi connectivity index (χ2v) is 2.13. The normalized spacial score (nSPS) is 10.0. The highest BCUT2D eigenvalue weighted by atomic mass is 16.5. The van der Waals surface area contributed by atoms with Crippen LogP contribution in [0, 0.1) is 0 Å². The summed E-state index contributed by atoms with van der Waals surface area (Å²) in [5, 5.41) is 9.21. The largest absolute Gasteiger partial charge is 0.475 e. The lowest BCUT2D eigenvalue weighted by atomic mass is 10.7. The number of imidazole rings is 1. The van der Waals surface area contributed by atoms with E-state index < -0.39 is 0 Å². The molecule has 1 rings (SSSR count). The summed E-state index contributed by atoms with van der Waals surface area (Å²) in [5.74, 6) is 0.205. The third-order valence-corrected chi connectivity index (χ3v) is 1.44. The molecule has 1 heterocycles. The topological polar surface area (TPSA) is 49.1 Å². The lowest BCUT2D eigenvalue weighted by molar-refractivity contribution is -0.702. The van der Waals surface area contributed by atoms with Crippen molar-refractivity contribution in [1.82, 2.24) is 4.98 Å². The van der Waals surface area contributed by atoms with Crippen molar-refractivity contribution in [2.24, 2.45) is 0 Å². The first-order chi connectivity index (χ1) is 5.29. The summed E-state index contributed by atoms with van der Waals surface area (Å²) in [6, 6.07) is 0.604. The fraction of sp³-hybridized carbons (Fsp3) is 0.571. The van der Waals surface area contributed by atoms with Crippen LogP contribution in [0.15, 0.2) is 6.20 Å². The molecule has 0 aliphatic heterocycles. The maximum atomic E-state index is 9.21. The Morgan fingerprint density at radius 1 is 1.64 bits per heavy atom. The molecule has 4 heteroatoms. The first kappa shape index (κ1) is 7.91. The number of hydrogen-bond donors (Lipinski definition) is 2. The molecule has 0 spiro atoms. The Morgan fingerprint density at radius 3 is 2.91 bits per heavy atom. The molecule has 1 aromatic heterocycles. The van der Waals surface area contributed by atoms with Crippen molar-refractivity contribution >= 4 is 0 Å². The molecule has 0 fully saturated rings. The molecule has 11 heavy (non-hydrogen) atoms. The quantitative estimate of drug-likeness (QED) is 0.625. The van der Waals surface area contributed by atoms with Gasteiger partial charge in [0.25, 0.3) is 0 Å². The van der Waals surface area contributed by atoms with E-state index in [-0.39, 0.29) is 5.88 Å². The van der Waals surface area contributed by atoms with Crippen LogP contribution in [0.2, 0.25) is 0 Å². The van der Waals surface area contributed by atoms with Crippen molar-refractivity contribution in [3.8, 4) is 11.9 Å². The molecule has 4 nitrogen and oxygen atoms in total. The molecule has 0 radical (unpaired) electrons. The standard InChI is InChI=1S/C7H12N2O2/c1-3-9-6(10)5-8-7(9)11-4-2/h5,10H,3-4H2,1-2H3/p+1. The van der Waals surface area contributed by atoms with Crippen LogP contribution >= 0.6 is 0 Å². The highest BCUT2D eigenvalue weighted by Gasteiger charge is 2.15. The summed E-state index contributed by atoms with van der Waals surface area (Å²) >= 11 is 0. The van der Waals surface area contributed by atoms with Gasteiger partial charge in [0.1, 0.15) is 0 Å². The minimum atomic E-state index is 0.205. The number of nitrogens with zero attached hydrogens (tertiary/aromatic N) is 1. The van der Waals surface area contributed by atoms with Crippen LogP contribution in [0.1, 0.15) is 13.8 Å². The maximum absolute atomic E-state index is 9.21. The van der Waals surface area contributed by atoms with Crippen LogP contribution in [0.4, 0.5) is 0 Å². The van der Waals surface area contributed by atoms with E-state index in [9.17, 15) is 5.11 Å². The second kappa shape index (κ2) is 3.27. The van der Waals surface area contributed by atoms with Gasteiger partial charge in [0, 0.05) is 0 Å². The molecule has 0 unspecified atom stereocenters. The van der Waals surface area contributed by atoms with Crippen LogP contribution in [-0.2, 0) is 6.54 Å². The monoisotopic (exact) mass is 157 g/mol. The van der Waals surface area contributed by atoms with Crippen molar-refractivity contribution in [3.63, 3.8) is 0 Å². The van der Waals surface area contributed by atoms with Crippen molar-refractivity contribution in [2.45, 2.75) is 20.4 Å². The summed E-state index contributed by atoms with van der Waals surface area (Å²) < 4.78 is 6.85. The molecule has 0 aliphatic carbocycles. The van der Waals surface area contributed by atoms with Gasteiger partial charge in [-0.1, -0.05) is 0 Å². The number of aromatic amines is 1. The van der Waals surface area contributed by atoms with Crippen LogP contribution in [-0.4, -0.2) is 16.7 Å². The van der Waals surface area contributed by atoms with Gasteiger partial charge < -0.3 is 9.84 Å². The Bertz CT molecular complexity index is 232. The van der Waals surface area contributed by atoms with Crippen molar-refractivity contribution in [1.29, 1.82) is 0 Å². The molecule has 0 bridgehead atoms. The van der Waals surface area contributed by atoms with E-state index in [4.69, 9.17) is 4.74 Å². The van der Waals surface area contributed by atoms with E-state index in [1.54, 1.807) is 4.57 Å². The molecule has 0 aliphatic rings. The van der Waals surface area contributed by atoms with Crippen molar-refractivity contribution in [2.75, 3.05) is 6.61 Å². The average Bonchev–Trinajstić information content (AvgIpc) is 2.33. The van der Waals surface area contributed by atoms with E-state index in [0.29, 0.717) is 19.2 Å². The van der Waals surface area contributed by atoms with E-state index in [2.05, 4.69) is 4.98 Å². The third-order valence-electron chi connectivity index (χ3n) is 1.44. The molecule has 0 aromatic carbocycles. The molecular formula is C7H13N2O2+. The highest BCUT2D eigenvalue weighted by molar-refractivity contribution is 4.97. The van der Waals surface area contributed by atoms with Gasteiger partial charge in [-0.15, -0.1) is 0 Å². The number of aromatic nitrogens is 2. The summed E-state index contributed by atoms with van der Waals surface area (Å²) in [5.41, 5.74) is 0. The maximum Gasteiger partial charge on any atom is 0.456 e. The Kier molecular flexibility index (Phi) is 2.36. The smallest absolute Gasteiger partial charge is 0.456 e. The van der Waals surface area contributed by atoms with Gasteiger partial charge in [-0.2, -0.15) is 4.57 Å². The van der Waals surface area contributed by atoms with Gasteiger partial charge in [-0.3, -0.25) is 0 Å². The summed E-state index contributed by atoms with van der Waals surface area (Å²) in [4.78, 5) is 2.82. The van der Waals surface area contributed by atoms with Crippen molar-refractivity contribution in [3.05, 3.63) is 6.20 Å². The van der Waals surface area contributed by atoms with Gasteiger partial charge in [-0.25, -0.2) is 4.98 Å². The lowest BCUT2D eigenvalue weighted by Gasteiger charge is -1.96. The fourth-order valence-corrected chi connectivity index (χ4v) is 0.948. The van der Waals surface area contributed by atoms with E-state index in [1.165, 1.54) is 6.20 Å². The Morgan fingerprint density at radius 2 is 2.36 bits per heavy atom. The predicted molar refractivity (Wildman–Crippen MR) is 39.5 cm³/mol. The zero-order valence-electron chi connectivity index (χ0n) is 6.79. The SMILES string of the molecule is CCOc1[nH]cc(O)[n+]1CC. The van der Waals surface area contributed by atoms with E-state index in [1.807, 2.05) is 13.8 Å². The zero-order chi connectivity index (χ0) is 8.27. The van der Waals surface area contributed by atoms with Crippen LogP contribution in [0.25, 0.3) is 0 Å². The fourth-order valence-electron chi connectivity index (χ4n) is 0.948. The number of nitrogens with one attached hydrogen (secondary N) is 1. The van der Waals surface area contributed by atoms with Gasteiger partial charge >= 0.3 is 11.9 Å². The van der Waals surface area contributed by atoms with Crippen LogP contribution in [0.5, 0.6) is 11.9 Å². The molecule has 0 saturated heterocycles. The molecular weight excluding hydrogens is 144 g/mol. The third kappa shape index (κ3) is 1.45. The molecule has 1 aromatic rings. The minimum absolute atomic E-state index is 0.205. The number of ether oxygens (including phenoxy) is 1. The Labute approximate surface area is 65.4 Å². The van der Waals surface area contributed by atoms with Crippen LogP contribution in [0.3, 0.4) is 0 Å². The first-order valence-electron chi connectivity index (χ1n) is 3.72. The molecule has 0 atom stereocenters. The summed E-state index contributed by atoms with van der Waals surface area (Å²) in [6.07, 6.45) is 1.51. The number of hydrogen-bond acceptors (Lipinski definition) is 2. The Balaban J connectivity index is 2.86. The molecule has 0 saturated carbocycles. The number of H-pyrrole nitrogens is 1. The predicted octanol–water partition coefficient (Wildman–Crippen LogP) is 0.426. The number of aromatic hydroxyl groups is 1. The zero-order valence-corrected chi connectivity index (χ0v) is 6.79. The van der Waals surface area contributed by atoms with Gasteiger partial charge in [0.2, 0.25) is 0 Å². The van der Waals surface area contributed by atoms with E-state index >= 15 is 0 Å². The first-order valence-corrected chi connectivity index (χ1v) is 3.72. The molecule has 2 N–H and O–H groups in total.